The van der Waals surface area contributed by atoms with Crippen LogP contribution in [0.5, 0.6) is 0 Å². The summed E-state index contributed by atoms with van der Waals surface area (Å²) in [6.07, 6.45) is 0.464. The third-order valence-corrected chi connectivity index (χ3v) is 2.54. The van der Waals surface area contributed by atoms with Crippen molar-refractivity contribution >= 4 is 0 Å². The zero-order chi connectivity index (χ0) is 10.6. The number of aliphatic hydroxyl groups is 1. The quantitative estimate of drug-likeness (QED) is 0.794. The maximum Gasteiger partial charge on any atom is 0.0991 e. The Bertz CT molecular complexity index is 340. The van der Waals surface area contributed by atoms with Crippen LogP contribution < -0.4 is 0 Å². The van der Waals surface area contributed by atoms with E-state index in [0.717, 1.165) is 12.0 Å². The highest BCUT2D eigenvalue weighted by Crippen LogP contribution is 2.24. The van der Waals surface area contributed by atoms with Crippen molar-refractivity contribution in [3.63, 3.8) is 0 Å². The maximum atomic E-state index is 9.90. The molecule has 0 saturated carbocycles. The Morgan fingerprint density at radius 2 is 2.21 bits per heavy atom. The van der Waals surface area contributed by atoms with Gasteiger partial charge in [0, 0.05) is 0 Å². The van der Waals surface area contributed by atoms with Gasteiger partial charge in [-0.25, -0.2) is 0 Å². The minimum Gasteiger partial charge on any atom is -0.388 e. The van der Waals surface area contributed by atoms with Gasteiger partial charge in [0.1, 0.15) is 0 Å². The number of nitrogens with zero attached hydrogens (tertiary/aromatic N) is 1. The number of nitriles is 1. The van der Waals surface area contributed by atoms with Gasteiger partial charge in [-0.1, -0.05) is 32.4 Å². The molecule has 1 N–H and O–H groups in total. The second-order valence-electron chi connectivity index (χ2n) is 3.57. The van der Waals surface area contributed by atoms with Crippen molar-refractivity contribution in [2.75, 3.05) is 0 Å². The van der Waals surface area contributed by atoms with E-state index >= 15 is 0 Å². The van der Waals surface area contributed by atoms with Gasteiger partial charge in [-0.3, -0.25) is 0 Å². The van der Waals surface area contributed by atoms with Crippen LogP contribution in [0.15, 0.2) is 24.3 Å². The summed E-state index contributed by atoms with van der Waals surface area (Å²) in [6.45, 7) is 4.05. The van der Waals surface area contributed by atoms with Crippen molar-refractivity contribution in [1.29, 1.82) is 5.26 Å². The number of hydrogen-bond acceptors (Lipinski definition) is 2. The Kier molecular flexibility index (Phi) is 3.67. The summed E-state index contributed by atoms with van der Waals surface area (Å²) in [5.41, 5.74) is 1.43. The van der Waals surface area contributed by atoms with Gasteiger partial charge in [0.2, 0.25) is 0 Å². The molecule has 2 unspecified atom stereocenters. The summed E-state index contributed by atoms with van der Waals surface area (Å²) in [7, 11) is 0. The lowest BCUT2D eigenvalue weighted by Crippen LogP contribution is -2.08. The second-order valence-corrected chi connectivity index (χ2v) is 3.57. The minimum absolute atomic E-state index is 0.226. The molecule has 1 aromatic rings. The SMILES string of the molecule is CCC(C)C(O)c1cccc(C#N)c1. The molecule has 0 aliphatic rings. The molecular formula is C12H15NO. The van der Waals surface area contributed by atoms with Crippen molar-refractivity contribution in [2.24, 2.45) is 5.92 Å². The highest BCUT2D eigenvalue weighted by molar-refractivity contribution is 5.33. The Balaban J connectivity index is 2.91. The fourth-order valence-corrected chi connectivity index (χ4v) is 1.34. The molecule has 0 radical (unpaired) electrons. The van der Waals surface area contributed by atoms with Gasteiger partial charge in [0.05, 0.1) is 17.7 Å². The lowest BCUT2D eigenvalue weighted by molar-refractivity contribution is 0.115. The average molecular weight is 189 g/mol. The molecule has 0 heterocycles. The van der Waals surface area contributed by atoms with Gasteiger partial charge in [-0.05, 0) is 23.6 Å². The highest BCUT2D eigenvalue weighted by Gasteiger charge is 2.14. The lowest BCUT2D eigenvalue weighted by Gasteiger charge is -2.17. The Morgan fingerprint density at radius 3 is 2.79 bits per heavy atom. The molecule has 14 heavy (non-hydrogen) atoms. The van der Waals surface area contributed by atoms with Crippen LogP contribution >= 0.6 is 0 Å². The fraction of sp³-hybridized carbons (Fsp3) is 0.417. The molecule has 0 bridgehead atoms. The summed E-state index contributed by atoms with van der Waals surface area (Å²) in [5.74, 6) is 0.226. The fourth-order valence-electron chi connectivity index (χ4n) is 1.34. The summed E-state index contributed by atoms with van der Waals surface area (Å²) < 4.78 is 0. The van der Waals surface area contributed by atoms with Gasteiger partial charge >= 0.3 is 0 Å². The third-order valence-electron chi connectivity index (χ3n) is 2.54. The van der Waals surface area contributed by atoms with E-state index < -0.39 is 6.10 Å². The second kappa shape index (κ2) is 4.78. The van der Waals surface area contributed by atoms with Gasteiger partial charge in [-0.2, -0.15) is 5.26 Å². The first kappa shape index (κ1) is 10.7. The van der Waals surface area contributed by atoms with E-state index in [1.807, 2.05) is 19.9 Å². The van der Waals surface area contributed by atoms with Crippen molar-refractivity contribution in [1.82, 2.24) is 0 Å². The maximum absolute atomic E-state index is 9.90. The molecule has 2 nitrogen and oxygen atoms in total. The summed E-state index contributed by atoms with van der Waals surface area (Å²) in [4.78, 5) is 0. The number of hydrogen-bond donors (Lipinski definition) is 1. The molecule has 0 amide bonds. The molecule has 0 saturated heterocycles. The van der Waals surface area contributed by atoms with Crippen molar-refractivity contribution in [3.05, 3.63) is 35.4 Å². The van der Waals surface area contributed by atoms with Crippen LogP contribution in [0.4, 0.5) is 0 Å². The molecule has 0 fully saturated rings. The van der Waals surface area contributed by atoms with E-state index in [1.165, 1.54) is 0 Å². The number of aliphatic hydroxyl groups excluding tert-OH is 1. The van der Waals surface area contributed by atoms with Gasteiger partial charge < -0.3 is 5.11 Å². The van der Waals surface area contributed by atoms with E-state index in [-0.39, 0.29) is 5.92 Å². The van der Waals surface area contributed by atoms with E-state index in [9.17, 15) is 5.11 Å². The average Bonchev–Trinajstić information content (AvgIpc) is 2.27. The van der Waals surface area contributed by atoms with Gasteiger partial charge in [0.15, 0.2) is 0 Å². The normalized spacial score (nSPS) is 14.4. The molecule has 1 rings (SSSR count). The van der Waals surface area contributed by atoms with E-state index in [2.05, 4.69) is 6.07 Å². The molecule has 2 atom stereocenters. The van der Waals surface area contributed by atoms with Crippen LogP contribution in [0.25, 0.3) is 0 Å². The zero-order valence-corrected chi connectivity index (χ0v) is 8.57. The molecule has 2 heteroatoms. The first-order chi connectivity index (χ1) is 6.69. The van der Waals surface area contributed by atoms with Gasteiger partial charge in [-0.15, -0.1) is 0 Å². The highest BCUT2D eigenvalue weighted by atomic mass is 16.3. The molecule has 1 aromatic carbocycles. The monoisotopic (exact) mass is 189 g/mol. The number of rotatable bonds is 3. The van der Waals surface area contributed by atoms with Crippen LogP contribution in [0, 0.1) is 17.2 Å². The first-order valence-electron chi connectivity index (χ1n) is 4.87. The Morgan fingerprint density at radius 1 is 1.50 bits per heavy atom. The molecule has 74 valence electrons. The summed E-state index contributed by atoms with van der Waals surface area (Å²) in [6, 6.07) is 9.22. The predicted molar refractivity (Wildman–Crippen MR) is 55.6 cm³/mol. The Labute approximate surface area is 84.8 Å². The molecular weight excluding hydrogens is 174 g/mol. The topological polar surface area (TPSA) is 44.0 Å². The van der Waals surface area contributed by atoms with Crippen molar-refractivity contribution < 1.29 is 5.11 Å². The molecule has 0 aliphatic heterocycles. The van der Waals surface area contributed by atoms with Crippen LogP contribution in [0.2, 0.25) is 0 Å². The molecule has 0 aromatic heterocycles. The smallest absolute Gasteiger partial charge is 0.0991 e. The molecule has 0 spiro atoms. The van der Waals surface area contributed by atoms with Crippen molar-refractivity contribution in [2.45, 2.75) is 26.4 Å². The van der Waals surface area contributed by atoms with Crippen LogP contribution in [0.3, 0.4) is 0 Å². The van der Waals surface area contributed by atoms with E-state index in [4.69, 9.17) is 5.26 Å². The largest absolute Gasteiger partial charge is 0.388 e. The van der Waals surface area contributed by atoms with Crippen LogP contribution in [-0.2, 0) is 0 Å². The van der Waals surface area contributed by atoms with Crippen LogP contribution in [-0.4, -0.2) is 5.11 Å². The van der Waals surface area contributed by atoms with E-state index in [1.54, 1.807) is 18.2 Å². The summed E-state index contributed by atoms with van der Waals surface area (Å²) in [5, 5.41) is 18.6. The first-order valence-corrected chi connectivity index (χ1v) is 4.87. The third kappa shape index (κ3) is 2.34. The summed E-state index contributed by atoms with van der Waals surface area (Å²) >= 11 is 0. The van der Waals surface area contributed by atoms with Crippen LogP contribution in [0.1, 0.15) is 37.5 Å². The predicted octanol–water partition coefficient (Wildman–Crippen LogP) is 2.64. The molecule has 0 aliphatic carbocycles. The Hall–Kier alpha value is -1.33. The van der Waals surface area contributed by atoms with Gasteiger partial charge in [0.25, 0.3) is 0 Å². The minimum atomic E-state index is -0.465. The zero-order valence-electron chi connectivity index (χ0n) is 8.57. The standard InChI is InChI=1S/C12H15NO/c1-3-9(2)12(14)11-6-4-5-10(7-11)8-13/h4-7,9,12,14H,3H2,1-2H3. The van der Waals surface area contributed by atoms with E-state index in [0.29, 0.717) is 5.56 Å². The lowest BCUT2D eigenvalue weighted by atomic mass is 9.94. The number of benzene rings is 1. The van der Waals surface area contributed by atoms with Crippen molar-refractivity contribution in [3.8, 4) is 6.07 Å².